The average Bonchev–Trinajstić information content (AvgIpc) is 1.75. The van der Waals surface area contributed by atoms with Gasteiger partial charge in [-0.25, -0.2) is 0 Å². The molecule has 0 rings (SSSR count). The second-order valence-corrected chi connectivity index (χ2v) is 0.589. The summed E-state index contributed by atoms with van der Waals surface area (Å²) >= 11 is 0. The first-order valence-electron chi connectivity index (χ1n) is 2.26. The third kappa shape index (κ3) is 102. The van der Waals surface area contributed by atoms with E-state index < -0.39 is 0 Å². The van der Waals surface area contributed by atoms with E-state index in [1.807, 2.05) is 13.8 Å². The van der Waals surface area contributed by atoms with E-state index in [0.717, 1.165) is 0 Å². The van der Waals surface area contributed by atoms with Crippen LogP contribution in [0.3, 0.4) is 0 Å². The van der Waals surface area contributed by atoms with Crippen LogP contribution in [0, 0.1) is 0 Å². The summed E-state index contributed by atoms with van der Waals surface area (Å²) in [7, 11) is 0. The van der Waals surface area contributed by atoms with Gasteiger partial charge in [0.15, 0.2) is 0 Å². The van der Waals surface area contributed by atoms with Gasteiger partial charge >= 0.3 is 0 Å². The third-order valence-corrected chi connectivity index (χ3v) is 0.200. The smallest absolute Gasteiger partial charge is 0.127 e. The number of aliphatic imine (C=N–C) groups is 2. The summed E-state index contributed by atoms with van der Waals surface area (Å²) in [5, 5.41) is 0. The minimum absolute atomic E-state index is 0. The van der Waals surface area contributed by atoms with Crippen molar-refractivity contribution in [2.24, 2.45) is 9.98 Å². The molecule has 0 aliphatic carbocycles. The standard InChI is InChI=1S/C3H6N2.C2H6.3CH4.2Y/c1-4-3-5-2;1-2;;;;;/h1-3H2;1-2H3;3*1H4;;. The second kappa shape index (κ2) is 80.9. The van der Waals surface area contributed by atoms with Crippen molar-refractivity contribution in [1.29, 1.82) is 0 Å². The van der Waals surface area contributed by atoms with Crippen molar-refractivity contribution < 1.29 is 65.4 Å². The van der Waals surface area contributed by atoms with Gasteiger partial charge in [0.2, 0.25) is 0 Å². The van der Waals surface area contributed by atoms with Crippen molar-refractivity contribution >= 4 is 13.4 Å². The molecule has 0 aliphatic heterocycles. The molecule has 0 unspecified atom stereocenters. The monoisotopic (exact) mass is 326 g/mol. The van der Waals surface area contributed by atoms with Gasteiger partial charge in [0.25, 0.3) is 0 Å². The fourth-order valence-electron chi connectivity index (χ4n) is 0.0707. The molecule has 0 spiro atoms. The van der Waals surface area contributed by atoms with Gasteiger partial charge in [-0.1, -0.05) is 36.1 Å². The van der Waals surface area contributed by atoms with Crippen LogP contribution in [0.1, 0.15) is 36.1 Å². The quantitative estimate of drug-likeness (QED) is 0.696. The Morgan fingerprint density at radius 1 is 0.833 bits per heavy atom. The molecule has 0 N–H and O–H groups in total. The molecule has 0 saturated heterocycles. The Bertz CT molecular complexity index is 44.3. The maximum atomic E-state index is 3.38. The summed E-state index contributed by atoms with van der Waals surface area (Å²) in [6, 6.07) is 0. The van der Waals surface area contributed by atoms with Crippen molar-refractivity contribution in [2.75, 3.05) is 6.67 Å². The minimum Gasteiger partial charge on any atom is -0.278 e. The topological polar surface area (TPSA) is 24.7 Å². The van der Waals surface area contributed by atoms with Crippen LogP contribution in [0.4, 0.5) is 0 Å². The van der Waals surface area contributed by atoms with E-state index in [1.165, 1.54) is 0 Å². The Balaban J connectivity index is -0.00000000671. The molecular formula is C8H24N2Y2. The van der Waals surface area contributed by atoms with Crippen LogP contribution in [0.15, 0.2) is 9.98 Å². The zero-order chi connectivity index (χ0) is 6.12. The van der Waals surface area contributed by atoms with Crippen LogP contribution in [0.5, 0.6) is 0 Å². The predicted molar refractivity (Wildman–Crippen MR) is 55.5 cm³/mol. The number of hydrogen-bond donors (Lipinski definition) is 0. The van der Waals surface area contributed by atoms with Crippen molar-refractivity contribution in [3.05, 3.63) is 0 Å². The number of hydrogen-bond acceptors (Lipinski definition) is 2. The van der Waals surface area contributed by atoms with Gasteiger partial charge < -0.3 is 0 Å². The predicted octanol–water partition coefficient (Wildman–Crippen LogP) is 3.27. The summed E-state index contributed by atoms with van der Waals surface area (Å²) in [4.78, 5) is 6.75. The minimum atomic E-state index is 0. The van der Waals surface area contributed by atoms with Gasteiger partial charge in [0, 0.05) is 65.4 Å². The van der Waals surface area contributed by atoms with Crippen molar-refractivity contribution in [2.45, 2.75) is 36.1 Å². The first-order valence-corrected chi connectivity index (χ1v) is 2.26. The molecule has 2 radical (unpaired) electrons. The Hall–Kier alpha value is 1.55. The molecule has 0 aliphatic rings. The Labute approximate surface area is 130 Å². The van der Waals surface area contributed by atoms with Crippen LogP contribution in [0.25, 0.3) is 0 Å². The van der Waals surface area contributed by atoms with Crippen molar-refractivity contribution in [3.63, 3.8) is 0 Å². The maximum Gasteiger partial charge on any atom is 0.127 e. The summed E-state index contributed by atoms with van der Waals surface area (Å²) in [6.45, 7) is 10.8. The number of rotatable bonds is 2. The summed E-state index contributed by atoms with van der Waals surface area (Å²) < 4.78 is 0. The second-order valence-electron chi connectivity index (χ2n) is 0.589. The van der Waals surface area contributed by atoms with Crippen molar-refractivity contribution in [1.82, 2.24) is 0 Å². The molecular weight excluding hydrogens is 302 g/mol. The molecule has 0 atom stereocenters. The molecule has 2 nitrogen and oxygen atoms in total. The van der Waals surface area contributed by atoms with Gasteiger partial charge in [-0.3, -0.25) is 9.98 Å². The molecule has 0 aromatic carbocycles. The molecule has 0 aromatic heterocycles. The van der Waals surface area contributed by atoms with Gasteiger partial charge in [-0.2, -0.15) is 0 Å². The van der Waals surface area contributed by atoms with E-state index >= 15 is 0 Å². The van der Waals surface area contributed by atoms with E-state index in [2.05, 4.69) is 23.4 Å². The van der Waals surface area contributed by atoms with Crippen LogP contribution >= 0.6 is 0 Å². The van der Waals surface area contributed by atoms with E-state index in [0.29, 0.717) is 6.67 Å². The molecule has 0 bridgehead atoms. The first kappa shape index (κ1) is 49.8. The fraction of sp³-hybridized carbons (Fsp3) is 0.750. The van der Waals surface area contributed by atoms with Crippen molar-refractivity contribution in [3.8, 4) is 0 Å². The zero-order valence-electron chi connectivity index (χ0n) is 6.17. The molecule has 0 amide bonds. The Morgan fingerprint density at radius 3 is 1.00 bits per heavy atom. The van der Waals surface area contributed by atoms with E-state index in [9.17, 15) is 0 Å². The normalized spacial score (nSPS) is 3.17. The first-order chi connectivity index (χ1) is 3.41. The average molecular weight is 326 g/mol. The maximum absolute atomic E-state index is 3.38. The molecule has 4 heteroatoms. The van der Waals surface area contributed by atoms with E-state index in [-0.39, 0.29) is 87.7 Å². The van der Waals surface area contributed by atoms with Crippen LogP contribution < -0.4 is 0 Å². The largest absolute Gasteiger partial charge is 0.278 e. The van der Waals surface area contributed by atoms with Gasteiger partial charge in [0.05, 0.1) is 0 Å². The van der Waals surface area contributed by atoms with E-state index in [1.54, 1.807) is 0 Å². The van der Waals surface area contributed by atoms with Gasteiger partial charge in [-0.15, -0.1) is 0 Å². The third-order valence-electron chi connectivity index (χ3n) is 0.200. The summed E-state index contributed by atoms with van der Waals surface area (Å²) in [6.07, 6.45) is 0. The van der Waals surface area contributed by atoms with Gasteiger partial charge in [-0.05, 0) is 13.4 Å². The number of nitrogens with zero attached hydrogens (tertiary/aromatic N) is 2. The SMILES string of the molecule is C.C.C.C=NCN=C.CC.[Y].[Y]. The Morgan fingerprint density at radius 2 is 1.00 bits per heavy atom. The molecule has 0 heterocycles. The van der Waals surface area contributed by atoms with Crippen LogP contribution in [-0.4, -0.2) is 20.1 Å². The van der Waals surface area contributed by atoms with Crippen LogP contribution in [0.2, 0.25) is 0 Å². The molecule has 0 saturated carbocycles. The fourth-order valence-corrected chi connectivity index (χ4v) is 0.0707. The summed E-state index contributed by atoms with van der Waals surface area (Å²) in [5.74, 6) is 0. The zero-order valence-corrected chi connectivity index (χ0v) is 11.8. The molecule has 0 fully saturated rings. The molecule has 12 heavy (non-hydrogen) atoms. The van der Waals surface area contributed by atoms with Crippen LogP contribution in [-0.2, 0) is 65.4 Å². The van der Waals surface area contributed by atoms with Gasteiger partial charge in [0.1, 0.15) is 6.67 Å². The molecule has 72 valence electrons. The Kier molecular flexibility index (Phi) is 335. The van der Waals surface area contributed by atoms with E-state index in [4.69, 9.17) is 0 Å². The summed E-state index contributed by atoms with van der Waals surface area (Å²) in [5.41, 5.74) is 0. The molecule has 0 aromatic rings.